The van der Waals surface area contributed by atoms with Crippen molar-refractivity contribution in [2.45, 2.75) is 79.9 Å². The highest BCUT2D eigenvalue weighted by atomic mass is 32.1. The molecule has 0 radical (unpaired) electrons. The van der Waals surface area contributed by atoms with Crippen molar-refractivity contribution in [1.29, 1.82) is 0 Å². The second-order valence-corrected chi connectivity index (χ2v) is 9.65. The number of fused-ring (bicyclic) bond motifs is 1. The van der Waals surface area contributed by atoms with Gasteiger partial charge in [0.15, 0.2) is 0 Å². The van der Waals surface area contributed by atoms with Crippen LogP contribution in [0.2, 0.25) is 0 Å². The molecule has 2 nitrogen and oxygen atoms in total. The Morgan fingerprint density at radius 1 is 1.07 bits per heavy atom. The topological polar surface area (TPSA) is 22.1 Å². The van der Waals surface area contributed by atoms with Crippen LogP contribution in [0.1, 0.15) is 74.9 Å². The van der Waals surface area contributed by atoms with Crippen molar-refractivity contribution < 1.29 is 4.74 Å². The summed E-state index contributed by atoms with van der Waals surface area (Å²) in [5.74, 6) is 0. The Kier molecular flexibility index (Phi) is 5.97. The quantitative estimate of drug-likeness (QED) is 0.444. The Bertz CT molecular complexity index is 994. The van der Waals surface area contributed by atoms with E-state index in [1.54, 1.807) is 0 Å². The first-order chi connectivity index (χ1) is 13.2. The first-order valence-corrected chi connectivity index (χ1v) is 11.2. The second kappa shape index (κ2) is 7.96. The maximum absolute atomic E-state index is 6.43. The molecule has 150 valence electrons. The molecule has 28 heavy (non-hydrogen) atoms. The summed E-state index contributed by atoms with van der Waals surface area (Å²) in [5.41, 5.74) is 7.47. The van der Waals surface area contributed by atoms with Gasteiger partial charge in [0, 0.05) is 27.1 Å². The van der Waals surface area contributed by atoms with E-state index in [0.717, 1.165) is 23.4 Å². The molecule has 0 N–H and O–H groups in total. The lowest BCUT2D eigenvalue weighted by Crippen LogP contribution is -2.22. The van der Waals surface area contributed by atoms with Crippen molar-refractivity contribution in [3.63, 3.8) is 0 Å². The van der Waals surface area contributed by atoms with E-state index in [0.29, 0.717) is 0 Å². The molecule has 2 aromatic heterocycles. The zero-order valence-electron chi connectivity index (χ0n) is 18.6. The number of nitrogens with zero attached hydrogens (tertiary/aromatic N) is 1. The van der Waals surface area contributed by atoms with Crippen molar-refractivity contribution >= 4 is 21.6 Å². The largest absolute Gasteiger partial charge is 0.368 e. The summed E-state index contributed by atoms with van der Waals surface area (Å²) in [6.07, 6.45) is 2.06. The molecule has 3 heteroatoms. The average Bonchev–Trinajstić information content (AvgIpc) is 2.96. The van der Waals surface area contributed by atoms with Gasteiger partial charge in [0.2, 0.25) is 0 Å². The third kappa shape index (κ3) is 3.88. The lowest BCUT2D eigenvalue weighted by molar-refractivity contribution is -0.0530. The van der Waals surface area contributed by atoms with E-state index >= 15 is 0 Å². The molecule has 0 aliphatic heterocycles. The number of hydrogen-bond acceptors (Lipinski definition) is 3. The number of thiophene rings is 1. The second-order valence-electron chi connectivity index (χ2n) is 8.56. The van der Waals surface area contributed by atoms with Crippen molar-refractivity contribution in [1.82, 2.24) is 4.98 Å². The third-order valence-corrected chi connectivity index (χ3v) is 6.55. The number of aryl methyl sites for hydroxylation is 4. The predicted octanol–water partition coefficient (Wildman–Crippen LogP) is 7.58. The molecular formula is C25H33NOS. The Labute approximate surface area is 174 Å². The summed E-state index contributed by atoms with van der Waals surface area (Å²) >= 11 is 1.86. The van der Waals surface area contributed by atoms with E-state index in [1.807, 2.05) is 11.3 Å². The number of hydrogen-bond donors (Lipinski definition) is 0. The van der Waals surface area contributed by atoms with Gasteiger partial charge in [-0.25, -0.2) is 4.98 Å². The molecule has 3 rings (SSSR count). The van der Waals surface area contributed by atoms with Crippen molar-refractivity contribution in [2.24, 2.45) is 0 Å². The summed E-state index contributed by atoms with van der Waals surface area (Å²) in [6.45, 7) is 17.4. The van der Waals surface area contributed by atoms with Crippen LogP contribution >= 0.6 is 11.3 Å². The van der Waals surface area contributed by atoms with Gasteiger partial charge in [-0.15, -0.1) is 11.3 Å². The van der Waals surface area contributed by atoms with Crippen LogP contribution in [0.15, 0.2) is 24.3 Å². The summed E-state index contributed by atoms with van der Waals surface area (Å²) in [6, 6.07) is 8.71. The van der Waals surface area contributed by atoms with Gasteiger partial charge >= 0.3 is 0 Å². The van der Waals surface area contributed by atoms with Crippen molar-refractivity contribution in [3.8, 4) is 11.1 Å². The number of benzene rings is 1. The van der Waals surface area contributed by atoms with Gasteiger partial charge < -0.3 is 4.74 Å². The fourth-order valence-corrected chi connectivity index (χ4v) is 5.50. The van der Waals surface area contributed by atoms with Crippen LogP contribution in [0.3, 0.4) is 0 Å². The average molecular weight is 396 g/mol. The van der Waals surface area contributed by atoms with Crippen molar-refractivity contribution in [3.05, 3.63) is 51.5 Å². The van der Waals surface area contributed by atoms with Crippen LogP contribution in [0.4, 0.5) is 0 Å². The molecule has 1 unspecified atom stereocenters. The highest BCUT2D eigenvalue weighted by Crippen LogP contribution is 2.44. The number of rotatable bonds is 5. The van der Waals surface area contributed by atoms with Crippen LogP contribution in [-0.2, 0) is 17.6 Å². The highest BCUT2D eigenvalue weighted by molar-refractivity contribution is 7.19. The van der Waals surface area contributed by atoms with E-state index in [9.17, 15) is 0 Å². The SMILES string of the molecule is CCc1sc2nc(C)c(C(C)OC(C)(C)C)c(-c3ccccc3C)c2c1CC. The minimum Gasteiger partial charge on any atom is -0.368 e. The standard InChI is InChI=1S/C25H33NOS/c1-9-18-20(10-2)28-24-23(18)22(19-14-12-11-13-15(19)3)21(16(4)26-24)17(5)27-25(6,7)8/h11-14,17H,9-10H2,1-8H3. The van der Waals surface area contributed by atoms with E-state index in [4.69, 9.17) is 9.72 Å². The molecule has 0 saturated heterocycles. The first-order valence-electron chi connectivity index (χ1n) is 10.4. The van der Waals surface area contributed by atoms with Crippen LogP contribution < -0.4 is 0 Å². The van der Waals surface area contributed by atoms with E-state index in [1.165, 1.54) is 38.1 Å². The lowest BCUT2D eigenvalue weighted by Gasteiger charge is -2.28. The Morgan fingerprint density at radius 3 is 2.32 bits per heavy atom. The van der Waals surface area contributed by atoms with Gasteiger partial charge in [-0.3, -0.25) is 0 Å². The molecular weight excluding hydrogens is 362 g/mol. The normalized spacial score (nSPS) is 13.3. The van der Waals surface area contributed by atoms with Crippen molar-refractivity contribution in [2.75, 3.05) is 0 Å². The molecule has 0 bridgehead atoms. The Balaban J connectivity index is 2.44. The van der Waals surface area contributed by atoms with Gasteiger partial charge in [0.25, 0.3) is 0 Å². The summed E-state index contributed by atoms with van der Waals surface area (Å²) in [7, 11) is 0. The molecule has 0 amide bonds. The molecule has 0 aliphatic rings. The monoisotopic (exact) mass is 395 g/mol. The molecule has 0 aliphatic carbocycles. The van der Waals surface area contributed by atoms with E-state index in [2.05, 4.69) is 79.7 Å². The van der Waals surface area contributed by atoms with Crippen LogP contribution in [-0.4, -0.2) is 10.6 Å². The maximum Gasteiger partial charge on any atom is 0.124 e. The predicted molar refractivity (Wildman–Crippen MR) is 123 cm³/mol. The van der Waals surface area contributed by atoms with Gasteiger partial charge in [-0.1, -0.05) is 38.1 Å². The number of aromatic nitrogens is 1. The van der Waals surface area contributed by atoms with Crippen LogP contribution in [0, 0.1) is 13.8 Å². The number of ether oxygens (including phenoxy) is 1. The van der Waals surface area contributed by atoms with E-state index in [-0.39, 0.29) is 11.7 Å². The molecule has 1 atom stereocenters. The summed E-state index contributed by atoms with van der Waals surface area (Å²) in [5, 5.41) is 1.34. The molecule has 0 saturated carbocycles. The smallest absolute Gasteiger partial charge is 0.124 e. The molecule has 1 aromatic carbocycles. The minimum atomic E-state index is -0.208. The summed E-state index contributed by atoms with van der Waals surface area (Å²) < 4.78 is 6.43. The lowest BCUT2D eigenvalue weighted by atomic mass is 9.88. The highest BCUT2D eigenvalue weighted by Gasteiger charge is 2.27. The Morgan fingerprint density at radius 2 is 1.75 bits per heavy atom. The van der Waals surface area contributed by atoms with Gasteiger partial charge in [0.05, 0.1) is 11.7 Å². The van der Waals surface area contributed by atoms with Gasteiger partial charge in [-0.05, 0) is 71.1 Å². The zero-order valence-corrected chi connectivity index (χ0v) is 19.4. The molecule has 2 heterocycles. The first kappa shape index (κ1) is 21.0. The summed E-state index contributed by atoms with van der Waals surface area (Å²) in [4.78, 5) is 7.68. The minimum absolute atomic E-state index is 0.0267. The maximum atomic E-state index is 6.43. The van der Waals surface area contributed by atoms with Crippen LogP contribution in [0.5, 0.6) is 0 Å². The van der Waals surface area contributed by atoms with E-state index < -0.39 is 0 Å². The molecule has 0 fully saturated rings. The fourth-order valence-electron chi connectivity index (χ4n) is 4.24. The molecule has 0 spiro atoms. The molecule has 3 aromatic rings. The van der Waals surface area contributed by atoms with Gasteiger partial charge in [0.1, 0.15) is 4.83 Å². The number of pyridine rings is 1. The van der Waals surface area contributed by atoms with Crippen LogP contribution in [0.25, 0.3) is 21.3 Å². The fraction of sp³-hybridized carbons (Fsp3) is 0.480. The zero-order chi connectivity index (χ0) is 20.6. The third-order valence-electron chi connectivity index (χ3n) is 5.28. The van der Waals surface area contributed by atoms with Gasteiger partial charge in [-0.2, -0.15) is 0 Å². The Hall–Kier alpha value is -1.71.